The number of alkyl halides is 7. The van der Waals surface area contributed by atoms with Crippen LogP contribution in [0.1, 0.15) is 37.6 Å². The van der Waals surface area contributed by atoms with Crippen molar-refractivity contribution in [2.75, 3.05) is 10.6 Å². The molecular weight excluding hydrogens is 569 g/mol. The van der Waals surface area contributed by atoms with E-state index < -0.39 is 40.8 Å². The number of aryl methyl sites for hydroxylation is 2. The van der Waals surface area contributed by atoms with E-state index >= 15 is 0 Å². The SMILES string of the molecule is Cc1cc(C(F)(C(F)(F)F)C(F)(F)F)cc(C)c1NC(=O)c1csc(NC(=O)c2cc(=O)c3ccccc3o2)c1. The summed E-state index contributed by atoms with van der Waals surface area (Å²) in [4.78, 5) is 37.6. The van der Waals surface area contributed by atoms with Gasteiger partial charge >= 0.3 is 18.0 Å². The predicted octanol–water partition coefficient (Wildman–Crippen LogP) is 7.27. The molecule has 0 saturated carbocycles. The van der Waals surface area contributed by atoms with E-state index in [2.05, 4.69) is 10.6 Å². The fraction of sp³-hybridized carbons (Fsp3) is 0.192. The minimum Gasteiger partial charge on any atom is -0.451 e. The van der Waals surface area contributed by atoms with Crippen molar-refractivity contribution >= 4 is 44.8 Å². The zero-order valence-corrected chi connectivity index (χ0v) is 21.2. The molecule has 40 heavy (non-hydrogen) atoms. The number of amides is 2. The molecule has 0 unspecified atom stereocenters. The molecule has 0 saturated heterocycles. The van der Waals surface area contributed by atoms with E-state index in [4.69, 9.17) is 4.42 Å². The molecule has 0 fully saturated rings. The summed E-state index contributed by atoms with van der Waals surface area (Å²) >= 11 is 0.927. The first-order valence-corrected chi connectivity index (χ1v) is 12.1. The third-order valence-corrected chi connectivity index (χ3v) is 6.75. The smallest absolute Gasteiger partial charge is 0.435 e. The van der Waals surface area contributed by atoms with Crippen LogP contribution in [0, 0.1) is 13.8 Å². The molecule has 4 aromatic rings. The van der Waals surface area contributed by atoms with Gasteiger partial charge in [0.05, 0.1) is 16.0 Å². The van der Waals surface area contributed by atoms with E-state index in [-0.39, 0.29) is 44.1 Å². The molecule has 0 bridgehead atoms. The molecule has 2 aromatic carbocycles. The molecule has 0 atom stereocenters. The second kappa shape index (κ2) is 10.1. The molecule has 0 spiro atoms. The second-order valence-electron chi connectivity index (χ2n) is 8.72. The van der Waals surface area contributed by atoms with Crippen molar-refractivity contribution in [2.24, 2.45) is 0 Å². The molecule has 0 aliphatic carbocycles. The van der Waals surface area contributed by atoms with E-state index in [1.165, 1.54) is 23.6 Å². The van der Waals surface area contributed by atoms with Crippen LogP contribution in [0.2, 0.25) is 0 Å². The molecule has 0 aliphatic heterocycles. The first kappa shape index (κ1) is 28.8. The van der Waals surface area contributed by atoms with Gasteiger partial charge in [-0.05, 0) is 43.2 Å². The number of rotatable bonds is 5. The Bertz CT molecular complexity index is 1650. The Kier molecular flexibility index (Phi) is 7.26. The molecule has 210 valence electrons. The van der Waals surface area contributed by atoms with Gasteiger partial charge in [-0.2, -0.15) is 26.3 Å². The quantitative estimate of drug-likeness (QED) is 0.241. The number of carbonyl (C=O) groups is 2. The molecule has 14 heteroatoms. The first-order valence-electron chi connectivity index (χ1n) is 11.2. The van der Waals surface area contributed by atoms with Gasteiger partial charge in [0, 0.05) is 22.7 Å². The number of hydrogen-bond acceptors (Lipinski definition) is 5. The van der Waals surface area contributed by atoms with E-state index in [0.717, 1.165) is 31.3 Å². The van der Waals surface area contributed by atoms with Crippen LogP contribution in [0.3, 0.4) is 0 Å². The zero-order valence-electron chi connectivity index (χ0n) is 20.4. The Morgan fingerprint density at radius 2 is 1.43 bits per heavy atom. The number of fused-ring (bicyclic) bond motifs is 1. The lowest BCUT2D eigenvalue weighted by Crippen LogP contribution is -2.50. The monoisotopic (exact) mass is 586 g/mol. The molecular formula is C26H17F7N2O4S. The van der Waals surface area contributed by atoms with Crippen molar-refractivity contribution in [3.05, 3.63) is 92.1 Å². The minimum absolute atomic E-state index is 0.00596. The summed E-state index contributed by atoms with van der Waals surface area (Å²) in [5, 5.41) is 6.65. The third-order valence-electron chi connectivity index (χ3n) is 5.91. The van der Waals surface area contributed by atoms with Crippen molar-refractivity contribution in [1.29, 1.82) is 0 Å². The van der Waals surface area contributed by atoms with Crippen LogP contribution < -0.4 is 16.1 Å². The van der Waals surface area contributed by atoms with Crippen LogP contribution in [0.15, 0.2) is 63.1 Å². The largest absolute Gasteiger partial charge is 0.451 e. The highest BCUT2D eigenvalue weighted by atomic mass is 32.1. The van der Waals surface area contributed by atoms with Crippen LogP contribution in [0.25, 0.3) is 11.0 Å². The van der Waals surface area contributed by atoms with E-state index in [0.29, 0.717) is 12.1 Å². The zero-order chi connectivity index (χ0) is 29.6. The lowest BCUT2D eigenvalue weighted by Gasteiger charge is -2.31. The summed E-state index contributed by atoms with van der Waals surface area (Å²) in [6.07, 6.45) is -12.6. The maximum absolute atomic E-state index is 14.5. The lowest BCUT2D eigenvalue weighted by atomic mass is 9.90. The number of anilines is 2. The predicted molar refractivity (Wildman–Crippen MR) is 134 cm³/mol. The Balaban J connectivity index is 1.54. The van der Waals surface area contributed by atoms with E-state index in [9.17, 15) is 45.1 Å². The fourth-order valence-electron chi connectivity index (χ4n) is 3.94. The summed E-state index contributed by atoms with van der Waals surface area (Å²) in [5.74, 6) is -1.86. The van der Waals surface area contributed by atoms with E-state index in [1.54, 1.807) is 12.1 Å². The van der Waals surface area contributed by atoms with Crippen molar-refractivity contribution < 1.29 is 44.7 Å². The summed E-state index contributed by atoms with van der Waals surface area (Å²) in [6, 6.07) is 9.32. The molecule has 2 heterocycles. The number of nitrogens with one attached hydrogen (secondary N) is 2. The van der Waals surface area contributed by atoms with Gasteiger partial charge in [0.25, 0.3) is 11.8 Å². The number of hydrogen-bond donors (Lipinski definition) is 2. The number of halogens is 7. The van der Waals surface area contributed by atoms with Gasteiger partial charge in [0.2, 0.25) is 0 Å². The van der Waals surface area contributed by atoms with Crippen molar-refractivity contribution in [3.8, 4) is 0 Å². The highest BCUT2D eigenvalue weighted by Gasteiger charge is 2.73. The van der Waals surface area contributed by atoms with Gasteiger partial charge < -0.3 is 15.1 Å². The van der Waals surface area contributed by atoms with Gasteiger partial charge in [0.15, 0.2) is 11.2 Å². The van der Waals surface area contributed by atoms with Gasteiger partial charge in [-0.15, -0.1) is 11.3 Å². The highest BCUT2D eigenvalue weighted by molar-refractivity contribution is 7.14. The maximum atomic E-state index is 14.5. The number of carbonyl (C=O) groups excluding carboxylic acids is 2. The molecule has 0 aliphatic rings. The summed E-state index contributed by atoms with van der Waals surface area (Å²) in [7, 11) is 0. The van der Waals surface area contributed by atoms with Gasteiger partial charge in [0.1, 0.15) is 5.58 Å². The molecule has 0 radical (unpaired) electrons. The van der Waals surface area contributed by atoms with Crippen LogP contribution in [0.5, 0.6) is 0 Å². The number of benzene rings is 2. The Hall–Kier alpha value is -4.20. The highest BCUT2D eigenvalue weighted by Crippen LogP contribution is 2.53. The van der Waals surface area contributed by atoms with Crippen LogP contribution in [-0.2, 0) is 5.67 Å². The van der Waals surface area contributed by atoms with Crippen molar-refractivity contribution in [1.82, 2.24) is 0 Å². The topological polar surface area (TPSA) is 88.4 Å². The van der Waals surface area contributed by atoms with Crippen LogP contribution >= 0.6 is 11.3 Å². The maximum Gasteiger partial charge on any atom is 0.435 e. The van der Waals surface area contributed by atoms with Crippen LogP contribution in [-0.4, -0.2) is 24.2 Å². The average Bonchev–Trinajstić information content (AvgIpc) is 3.32. The van der Waals surface area contributed by atoms with Crippen LogP contribution in [0.4, 0.5) is 41.4 Å². The normalized spacial score (nSPS) is 12.4. The molecule has 2 N–H and O–H groups in total. The third kappa shape index (κ3) is 5.18. The Morgan fingerprint density at radius 3 is 2.02 bits per heavy atom. The number of thiophene rings is 1. The summed E-state index contributed by atoms with van der Waals surface area (Å²) < 4.78 is 98.9. The lowest BCUT2D eigenvalue weighted by molar-refractivity contribution is -0.348. The minimum atomic E-state index is -6.28. The Morgan fingerprint density at radius 1 is 0.825 bits per heavy atom. The molecule has 6 nitrogen and oxygen atoms in total. The summed E-state index contributed by atoms with van der Waals surface area (Å²) in [6.45, 7) is 2.24. The van der Waals surface area contributed by atoms with Gasteiger partial charge in [-0.25, -0.2) is 4.39 Å². The second-order valence-corrected chi connectivity index (χ2v) is 9.63. The van der Waals surface area contributed by atoms with Gasteiger partial charge in [-0.1, -0.05) is 24.3 Å². The van der Waals surface area contributed by atoms with Gasteiger partial charge in [-0.3, -0.25) is 14.4 Å². The van der Waals surface area contributed by atoms with Crippen molar-refractivity contribution in [3.63, 3.8) is 0 Å². The number of para-hydroxylation sites is 1. The summed E-state index contributed by atoms with van der Waals surface area (Å²) in [5.41, 5.74) is -8.12. The fourth-order valence-corrected chi connectivity index (χ4v) is 4.72. The molecule has 2 aromatic heterocycles. The molecule has 2 amide bonds. The molecule has 4 rings (SSSR count). The van der Waals surface area contributed by atoms with E-state index in [1.807, 2.05) is 0 Å². The average molecular weight is 586 g/mol. The first-order chi connectivity index (χ1) is 18.5. The standard InChI is InChI=1S/C26H17F7N2O4S/c1-12-7-15(24(27,25(28,29)30)26(31,32)33)8-13(2)21(12)35-22(37)14-9-20(40-11-14)34-23(38)19-10-17(36)16-5-3-4-6-18(16)39-19/h3-11H,1-2H3,(H,34,38)(H,35,37). The van der Waals surface area contributed by atoms with Crippen molar-refractivity contribution in [2.45, 2.75) is 31.9 Å². The Labute approximate surface area is 224 Å².